The fraction of sp³-hybridized carbons (Fsp3) is 0.227. The van der Waals surface area contributed by atoms with E-state index in [0.29, 0.717) is 24.3 Å². The summed E-state index contributed by atoms with van der Waals surface area (Å²) in [7, 11) is -1.96. The van der Waals surface area contributed by atoms with E-state index < -0.39 is 10.0 Å². The van der Waals surface area contributed by atoms with Crippen molar-refractivity contribution >= 4 is 38.6 Å². The standard InChI is InChI=1S/C22H23N3O4S2/c1-29-20-5-2-4-19(16-20)24-11-13-25(14-12-24)22(26)17-7-9-18(10-8-17)23-31(27,28)21-6-3-15-30-21/h2-10,15-16,23H,11-14H2,1H3. The summed E-state index contributed by atoms with van der Waals surface area (Å²) in [5, 5.41) is 1.71. The van der Waals surface area contributed by atoms with Crippen LogP contribution in [0.3, 0.4) is 0 Å². The lowest BCUT2D eigenvalue weighted by Crippen LogP contribution is -2.48. The van der Waals surface area contributed by atoms with E-state index >= 15 is 0 Å². The van der Waals surface area contributed by atoms with E-state index in [1.165, 1.54) is 0 Å². The number of amides is 1. The molecule has 4 rings (SSSR count). The van der Waals surface area contributed by atoms with Gasteiger partial charge in [0.25, 0.3) is 15.9 Å². The lowest BCUT2D eigenvalue weighted by atomic mass is 10.1. The van der Waals surface area contributed by atoms with Crippen LogP contribution in [0, 0.1) is 0 Å². The Bertz CT molecular complexity index is 1140. The molecule has 31 heavy (non-hydrogen) atoms. The molecule has 1 N–H and O–H groups in total. The van der Waals surface area contributed by atoms with Gasteiger partial charge < -0.3 is 14.5 Å². The average Bonchev–Trinajstić information content (AvgIpc) is 3.35. The third-order valence-corrected chi connectivity index (χ3v) is 7.91. The van der Waals surface area contributed by atoms with Gasteiger partial charge in [0.15, 0.2) is 0 Å². The highest BCUT2D eigenvalue weighted by molar-refractivity contribution is 7.94. The zero-order valence-electron chi connectivity index (χ0n) is 17.0. The molecule has 162 valence electrons. The SMILES string of the molecule is COc1cccc(N2CCN(C(=O)c3ccc(NS(=O)(=O)c4cccs4)cc3)CC2)c1. The second-order valence-corrected chi connectivity index (χ2v) is 9.95. The van der Waals surface area contributed by atoms with Crippen LogP contribution in [0.2, 0.25) is 0 Å². The highest BCUT2D eigenvalue weighted by Crippen LogP contribution is 2.23. The maximum Gasteiger partial charge on any atom is 0.271 e. The number of ether oxygens (including phenoxy) is 1. The number of thiophene rings is 1. The minimum atomic E-state index is -3.60. The van der Waals surface area contributed by atoms with Crippen molar-refractivity contribution < 1.29 is 17.9 Å². The molecule has 2 aromatic carbocycles. The quantitative estimate of drug-likeness (QED) is 0.613. The van der Waals surface area contributed by atoms with Gasteiger partial charge in [-0.15, -0.1) is 11.3 Å². The summed E-state index contributed by atoms with van der Waals surface area (Å²) in [6.45, 7) is 2.70. The van der Waals surface area contributed by atoms with Gasteiger partial charge in [-0.3, -0.25) is 9.52 Å². The van der Waals surface area contributed by atoms with Crippen molar-refractivity contribution in [2.45, 2.75) is 4.21 Å². The van der Waals surface area contributed by atoms with Crippen molar-refractivity contribution in [2.24, 2.45) is 0 Å². The number of sulfonamides is 1. The number of benzene rings is 2. The van der Waals surface area contributed by atoms with E-state index in [1.807, 2.05) is 29.2 Å². The Hall–Kier alpha value is -3.04. The van der Waals surface area contributed by atoms with Gasteiger partial charge in [0, 0.05) is 49.2 Å². The van der Waals surface area contributed by atoms with E-state index in [-0.39, 0.29) is 10.1 Å². The Morgan fingerprint density at radius 2 is 1.74 bits per heavy atom. The molecule has 7 nitrogen and oxygen atoms in total. The Labute approximate surface area is 185 Å². The van der Waals surface area contributed by atoms with E-state index in [4.69, 9.17) is 4.74 Å². The maximum atomic E-state index is 12.9. The summed E-state index contributed by atoms with van der Waals surface area (Å²) in [6, 6.07) is 17.7. The minimum Gasteiger partial charge on any atom is -0.497 e. The number of piperazine rings is 1. The van der Waals surface area contributed by atoms with Crippen LogP contribution in [0.1, 0.15) is 10.4 Å². The number of nitrogens with zero attached hydrogens (tertiary/aromatic N) is 2. The number of carbonyl (C=O) groups is 1. The van der Waals surface area contributed by atoms with Gasteiger partial charge in [-0.1, -0.05) is 12.1 Å². The third-order valence-electron chi connectivity index (χ3n) is 5.13. The predicted molar refractivity (Wildman–Crippen MR) is 123 cm³/mol. The van der Waals surface area contributed by atoms with Gasteiger partial charge in [-0.25, -0.2) is 8.42 Å². The lowest BCUT2D eigenvalue weighted by Gasteiger charge is -2.36. The van der Waals surface area contributed by atoms with E-state index in [0.717, 1.165) is 35.9 Å². The molecule has 0 aliphatic carbocycles. The molecule has 1 aromatic heterocycles. The summed E-state index contributed by atoms with van der Waals surface area (Å²) < 4.78 is 32.7. The number of nitrogens with one attached hydrogen (secondary N) is 1. The first-order valence-electron chi connectivity index (χ1n) is 9.81. The van der Waals surface area contributed by atoms with Crippen molar-refractivity contribution in [3.05, 3.63) is 71.6 Å². The molecule has 1 amide bonds. The fourth-order valence-electron chi connectivity index (χ4n) is 3.46. The number of rotatable bonds is 6. The van der Waals surface area contributed by atoms with Crippen molar-refractivity contribution in [3.63, 3.8) is 0 Å². The van der Waals surface area contributed by atoms with Crippen molar-refractivity contribution in [1.82, 2.24) is 4.90 Å². The normalized spacial score (nSPS) is 14.4. The van der Waals surface area contributed by atoms with Crippen molar-refractivity contribution in [3.8, 4) is 5.75 Å². The van der Waals surface area contributed by atoms with E-state index in [2.05, 4.69) is 9.62 Å². The largest absolute Gasteiger partial charge is 0.497 e. The molecular weight excluding hydrogens is 434 g/mol. The number of carbonyl (C=O) groups excluding carboxylic acids is 1. The molecule has 1 fully saturated rings. The molecule has 1 aliphatic rings. The summed E-state index contributed by atoms with van der Waals surface area (Å²) in [5.41, 5.74) is 2.04. The first-order valence-corrected chi connectivity index (χ1v) is 12.2. The van der Waals surface area contributed by atoms with Gasteiger partial charge in [0.1, 0.15) is 9.96 Å². The molecule has 0 bridgehead atoms. The van der Waals surface area contributed by atoms with Gasteiger partial charge in [0.2, 0.25) is 0 Å². The van der Waals surface area contributed by atoms with Crippen LogP contribution in [-0.2, 0) is 10.0 Å². The monoisotopic (exact) mass is 457 g/mol. The molecule has 1 saturated heterocycles. The minimum absolute atomic E-state index is 0.0574. The zero-order valence-corrected chi connectivity index (χ0v) is 18.7. The Kier molecular flexibility index (Phi) is 6.15. The molecule has 3 aromatic rings. The lowest BCUT2D eigenvalue weighted by molar-refractivity contribution is 0.0747. The second-order valence-electron chi connectivity index (χ2n) is 7.10. The Balaban J connectivity index is 1.37. The van der Waals surface area contributed by atoms with Crippen LogP contribution in [0.4, 0.5) is 11.4 Å². The maximum absolute atomic E-state index is 12.9. The summed E-state index contributed by atoms with van der Waals surface area (Å²) in [5.74, 6) is 0.753. The van der Waals surface area contributed by atoms with Crippen LogP contribution in [0.25, 0.3) is 0 Å². The topological polar surface area (TPSA) is 79.0 Å². The Morgan fingerprint density at radius 3 is 2.39 bits per heavy atom. The third kappa shape index (κ3) is 4.83. The van der Waals surface area contributed by atoms with Crippen LogP contribution in [0.15, 0.2) is 70.3 Å². The number of methoxy groups -OCH3 is 1. The fourth-order valence-corrected chi connectivity index (χ4v) is 5.51. The highest BCUT2D eigenvalue weighted by atomic mass is 32.2. The molecule has 9 heteroatoms. The van der Waals surface area contributed by atoms with Crippen LogP contribution in [0.5, 0.6) is 5.75 Å². The van der Waals surface area contributed by atoms with Crippen LogP contribution in [-0.4, -0.2) is 52.5 Å². The molecule has 0 radical (unpaired) electrons. The van der Waals surface area contributed by atoms with Crippen molar-refractivity contribution in [2.75, 3.05) is 42.9 Å². The van der Waals surface area contributed by atoms with Gasteiger partial charge >= 0.3 is 0 Å². The number of anilines is 2. The van der Waals surface area contributed by atoms with E-state index in [1.54, 1.807) is 48.9 Å². The first-order chi connectivity index (χ1) is 15.0. The number of hydrogen-bond acceptors (Lipinski definition) is 6. The zero-order chi connectivity index (χ0) is 21.8. The molecule has 2 heterocycles. The van der Waals surface area contributed by atoms with Crippen LogP contribution >= 0.6 is 11.3 Å². The molecule has 0 unspecified atom stereocenters. The molecule has 1 aliphatic heterocycles. The van der Waals surface area contributed by atoms with Crippen molar-refractivity contribution in [1.29, 1.82) is 0 Å². The molecular formula is C22H23N3O4S2. The summed E-state index contributed by atoms with van der Waals surface area (Å²) in [6.07, 6.45) is 0. The average molecular weight is 458 g/mol. The predicted octanol–water partition coefficient (Wildman–Crippen LogP) is 3.52. The molecule has 0 saturated carbocycles. The second kappa shape index (κ2) is 8.99. The summed E-state index contributed by atoms with van der Waals surface area (Å²) >= 11 is 1.15. The van der Waals surface area contributed by atoms with Gasteiger partial charge in [-0.2, -0.15) is 0 Å². The molecule has 0 spiro atoms. The van der Waals surface area contributed by atoms with Gasteiger partial charge in [-0.05, 0) is 47.8 Å². The first kappa shape index (κ1) is 21.2. The highest BCUT2D eigenvalue weighted by Gasteiger charge is 2.23. The summed E-state index contributed by atoms with van der Waals surface area (Å²) in [4.78, 5) is 16.9. The smallest absolute Gasteiger partial charge is 0.271 e. The van der Waals surface area contributed by atoms with E-state index in [9.17, 15) is 13.2 Å². The van der Waals surface area contributed by atoms with Crippen LogP contribution < -0.4 is 14.4 Å². The molecule has 0 atom stereocenters. The number of hydrogen-bond donors (Lipinski definition) is 1. The Morgan fingerprint density at radius 1 is 1.00 bits per heavy atom. The van der Waals surface area contributed by atoms with Gasteiger partial charge in [0.05, 0.1) is 7.11 Å².